The summed E-state index contributed by atoms with van der Waals surface area (Å²) in [7, 11) is 0. The molecule has 4 heteroatoms. The Kier molecular flexibility index (Phi) is 9.01. The van der Waals surface area contributed by atoms with Gasteiger partial charge in [0.1, 0.15) is 6.61 Å². The fourth-order valence-electron chi connectivity index (χ4n) is 4.49. The van der Waals surface area contributed by atoms with E-state index in [4.69, 9.17) is 11.2 Å². The monoisotopic (exact) mass is 408 g/mol. The fraction of sp³-hybridized carbons (Fsp3) is 0.538. The average Bonchev–Trinajstić information content (AvgIpc) is 3.17. The minimum atomic E-state index is -0.526. The summed E-state index contributed by atoms with van der Waals surface area (Å²) in [6, 6.07) is 12.9. The van der Waals surface area contributed by atoms with Crippen LogP contribution in [0.4, 0.5) is 0 Å². The van der Waals surface area contributed by atoms with Crippen LogP contribution in [-0.4, -0.2) is 47.0 Å². The molecule has 1 N–H and O–H groups in total. The Bertz CT molecular complexity index is 801. The lowest BCUT2D eigenvalue weighted by atomic mass is 9.89. The highest BCUT2D eigenvalue weighted by Gasteiger charge is 2.20. The molecule has 4 nitrogen and oxygen atoms in total. The van der Waals surface area contributed by atoms with Crippen molar-refractivity contribution >= 4 is 0 Å². The number of aromatic nitrogens is 1. The summed E-state index contributed by atoms with van der Waals surface area (Å²) in [6.45, 7) is 6.05. The lowest BCUT2D eigenvalue weighted by Crippen LogP contribution is -2.38. The summed E-state index contributed by atoms with van der Waals surface area (Å²) in [4.78, 5) is 2.41. The van der Waals surface area contributed by atoms with Gasteiger partial charge in [-0.3, -0.25) is 4.90 Å². The van der Waals surface area contributed by atoms with Crippen LogP contribution in [0.3, 0.4) is 0 Å². The van der Waals surface area contributed by atoms with Crippen LogP contribution in [0.2, 0.25) is 0 Å². The Labute approximate surface area is 181 Å². The quantitative estimate of drug-likeness (QED) is 0.446. The topological polar surface area (TPSA) is 37.6 Å². The van der Waals surface area contributed by atoms with Gasteiger partial charge in [-0.05, 0) is 48.9 Å². The molecule has 0 radical (unpaired) electrons. The fourth-order valence-corrected chi connectivity index (χ4v) is 4.49. The van der Waals surface area contributed by atoms with Gasteiger partial charge in [0, 0.05) is 38.1 Å². The third-order valence-electron chi connectivity index (χ3n) is 6.12. The van der Waals surface area contributed by atoms with Crippen LogP contribution in [-0.2, 0) is 17.8 Å². The standard InChI is InChI=1S/C26H36N2O2/c1-3-16-30-21-26(29)20-27(17-23-11-5-4-6-12-23)19-25-14-9-15-28(25)18-24-13-8-7-10-22(24)2/h1,7-10,13-15,23,26,29H,4-6,11-12,16-21H2,2H3. The van der Waals surface area contributed by atoms with E-state index in [2.05, 4.69) is 64.9 Å². The summed E-state index contributed by atoms with van der Waals surface area (Å²) in [5.41, 5.74) is 3.94. The van der Waals surface area contributed by atoms with Gasteiger partial charge in [-0.1, -0.05) is 49.4 Å². The number of hydrogen-bond acceptors (Lipinski definition) is 3. The van der Waals surface area contributed by atoms with Gasteiger partial charge in [0.2, 0.25) is 0 Å². The Balaban J connectivity index is 1.66. The molecule has 0 aliphatic heterocycles. The summed E-state index contributed by atoms with van der Waals surface area (Å²) >= 11 is 0. The maximum atomic E-state index is 10.5. The van der Waals surface area contributed by atoms with E-state index >= 15 is 0 Å². The molecule has 3 rings (SSSR count). The molecule has 2 aromatic rings. The molecule has 1 aliphatic carbocycles. The van der Waals surface area contributed by atoms with Crippen LogP contribution in [0.1, 0.15) is 48.9 Å². The van der Waals surface area contributed by atoms with Crippen LogP contribution in [0.15, 0.2) is 42.6 Å². The molecule has 1 fully saturated rings. The van der Waals surface area contributed by atoms with Crippen molar-refractivity contribution in [2.45, 2.75) is 58.2 Å². The van der Waals surface area contributed by atoms with Crippen LogP contribution >= 0.6 is 0 Å². The van der Waals surface area contributed by atoms with E-state index in [1.165, 1.54) is 48.9 Å². The van der Waals surface area contributed by atoms with E-state index in [1.807, 2.05) is 0 Å². The maximum Gasteiger partial charge on any atom is 0.107 e. The second-order valence-corrected chi connectivity index (χ2v) is 8.63. The zero-order chi connectivity index (χ0) is 21.2. The van der Waals surface area contributed by atoms with Crippen LogP contribution in [0.5, 0.6) is 0 Å². The second kappa shape index (κ2) is 12.0. The van der Waals surface area contributed by atoms with Crippen LogP contribution < -0.4 is 0 Å². The number of rotatable bonds is 11. The third kappa shape index (κ3) is 7.02. The number of hydrogen-bond donors (Lipinski definition) is 1. The maximum absolute atomic E-state index is 10.5. The third-order valence-corrected chi connectivity index (χ3v) is 6.12. The van der Waals surface area contributed by atoms with E-state index in [1.54, 1.807) is 0 Å². The van der Waals surface area contributed by atoms with Gasteiger partial charge in [0.05, 0.1) is 12.7 Å². The first-order valence-corrected chi connectivity index (χ1v) is 11.3. The SMILES string of the molecule is C#CCOCC(O)CN(Cc1cccn1Cc1ccccc1C)CC1CCCCC1. The van der Waals surface area contributed by atoms with Gasteiger partial charge < -0.3 is 14.4 Å². The number of terminal acetylenes is 1. The van der Waals surface area contributed by atoms with Crippen molar-refractivity contribution in [3.8, 4) is 12.3 Å². The number of benzene rings is 1. The van der Waals surface area contributed by atoms with E-state index in [9.17, 15) is 5.11 Å². The Hall–Kier alpha value is -2.06. The van der Waals surface area contributed by atoms with Crippen molar-refractivity contribution in [2.24, 2.45) is 5.92 Å². The number of nitrogens with zero attached hydrogens (tertiary/aromatic N) is 2. The van der Waals surface area contributed by atoms with E-state index in [0.717, 1.165) is 25.6 Å². The van der Waals surface area contributed by atoms with Gasteiger partial charge in [-0.15, -0.1) is 6.42 Å². The molecule has 1 atom stereocenters. The van der Waals surface area contributed by atoms with Crippen molar-refractivity contribution in [1.82, 2.24) is 9.47 Å². The second-order valence-electron chi connectivity index (χ2n) is 8.63. The molecule has 0 spiro atoms. The van der Waals surface area contributed by atoms with E-state index in [-0.39, 0.29) is 13.2 Å². The van der Waals surface area contributed by atoms with Crippen molar-refractivity contribution < 1.29 is 9.84 Å². The molecule has 1 aliphatic rings. The smallest absolute Gasteiger partial charge is 0.107 e. The zero-order valence-corrected chi connectivity index (χ0v) is 18.3. The molecular formula is C26H36N2O2. The molecular weight excluding hydrogens is 372 g/mol. The van der Waals surface area contributed by atoms with Crippen molar-refractivity contribution in [3.63, 3.8) is 0 Å². The number of ether oxygens (including phenoxy) is 1. The first-order chi connectivity index (χ1) is 14.7. The average molecular weight is 409 g/mol. The van der Waals surface area contributed by atoms with E-state index < -0.39 is 6.10 Å². The van der Waals surface area contributed by atoms with Gasteiger partial charge in [-0.2, -0.15) is 0 Å². The molecule has 1 heterocycles. The molecule has 30 heavy (non-hydrogen) atoms. The number of aryl methyl sites for hydroxylation is 1. The molecule has 162 valence electrons. The Morgan fingerprint density at radius 2 is 2.00 bits per heavy atom. The highest BCUT2D eigenvalue weighted by atomic mass is 16.5. The molecule has 1 unspecified atom stereocenters. The Morgan fingerprint density at radius 3 is 2.77 bits per heavy atom. The predicted molar refractivity (Wildman–Crippen MR) is 122 cm³/mol. The lowest BCUT2D eigenvalue weighted by molar-refractivity contribution is 0.0209. The highest BCUT2D eigenvalue weighted by Crippen LogP contribution is 2.25. The predicted octanol–water partition coefficient (Wildman–Crippen LogP) is 4.24. The summed E-state index contributed by atoms with van der Waals surface area (Å²) in [6.07, 6.45) is 13.5. The molecule has 0 amide bonds. The van der Waals surface area contributed by atoms with Crippen LogP contribution in [0.25, 0.3) is 0 Å². The zero-order valence-electron chi connectivity index (χ0n) is 18.3. The van der Waals surface area contributed by atoms with Crippen molar-refractivity contribution in [3.05, 3.63) is 59.4 Å². The molecule has 1 saturated carbocycles. The first kappa shape index (κ1) is 22.6. The van der Waals surface area contributed by atoms with Gasteiger partial charge in [0.25, 0.3) is 0 Å². The Morgan fingerprint density at radius 1 is 1.20 bits per heavy atom. The van der Waals surface area contributed by atoms with Crippen molar-refractivity contribution in [1.29, 1.82) is 0 Å². The van der Waals surface area contributed by atoms with E-state index in [0.29, 0.717) is 6.54 Å². The molecule has 1 aromatic heterocycles. The van der Waals surface area contributed by atoms with Gasteiger partial charge in [-0.25, -0.2) is 0 Å². The van der Waals surface area contributed by atoms with Gasteiger partial charge in [0.15, 0.2) is 0 Å². The highest BCUT2D eigenvalue weighted by molar-refractivity contribution is 5.26. The molecule has 0 bridgehead atoms. The minimum absolute atomic E-state index is 0.249. The molecule has 1 aromatic carbocycles. The minimum Gasteiger partial charge on any atom is -0.389 e. The largest absolute Gasteiger partial charge is 0.389 e. The van der Waals surface area contributed by atoms with Gasteiger partial charge >= 0.3 is 0 Å². The first-order valence-electron chi connectivity index (χ1n) is 11.3. The summed E-state index contributed by atoms with van der Waals surface area (Å²) in [5.74, 6) is 3.18. The van der Waals surface area contributed by atoms with Crippen molar-refractivity contribution in [2.75, 3.05) is 26.3 Å². The lowest BCUT2D eigenvalue weighted by Gasteiger charge is -2.31. The summed E-state index contributed by atoms with van der Waals surface area (Å²) in [5, 5.41) is 10.5. The molecule has 0 saturated heterocycles. The normalized spacial score (nSPS) is 15.9. The number of aliphatic hydroxyl groups is 1. The summed E-state index contributed by atoms with van der Waals surface area (Å²) < 4.78 is 7.70. The number of aliphatic hydroxyl groups excluding tert-OH is 1. The van der Waals surface area contributed by atoms with Crippen LogP contribution in [0, 0.1) is 25.2 Å².